The van der Waals surface area contributed by atoms with Crippen LogP contribution in [0.25, 0.3) is 0 Å². The van der Waals surface area contributed by atoms with Crippen LogP contribution in [0.1, 0.15) is 12.5 Å². The SMILES string of the molecule is COc1ccc2c(c1)OC(C)(CO)C2. The molecular weight excluding hydrogens is 180 g/mol. The Morgan fingerprint density at radius 3 is 3.00 bits per heavy atom. The Hall–Kier alpha value is -1.22. The van der Waals surface area contributed by atoms with E-state index in [0.717, 1.165) is 23.5 Å². The second-order valence-corrected chi connectivity index (χ2v) is 3.86. The number of benzene rings is 1. The number of hydrogen-bond acceptors (Lipinski definition) is 3. The van der Waals surface area contributed by atoms with Crippen LogP contribution < -0.4 is 9.47 Å². The van der Waals surface area contributed by atoms with E-state index in [-0.39, 0.29) is 6.61 Å². The first kappa shape index (κ1) is 9.34. The molecule has 3 heteroatoms. The largest absolute Gasteiger partial charge is 0.497 e. The highest BCUT2D eigenvalue weighted by Gasteiger charge is 2.34. The Kier molecular flexibility index (Phi) is 2.11. The molecule has 0 saturated heterocycles. The maximum absolute atomic E-state index is 9.17. The van der Waals surface area contributed by atoms with Crippen molar-refractivity contribution < 1.29 is 14.6 Å². The van der Waals surface area contributed by atoms with Crippen molar-refractivity contribution >= 4 is 0 Å². The third-order valence-electron chi connectivity index (χ3n) is 2.53. The second kappa shape index (κ2) is 3.17. The Morgan fingerprint density at radius 2 is 2.36 bits per heavy atom. The van der Waals surface area contributed by atoms with Crippen LogP contribution in [-0.4, -0.2) is 24.4 Å². The predicted octanol–water partition coefficient (Wildman–Crippen LogP) is 1.38. The first-order chi connectivity index (χ1) is 6.67. The third-order valence-corrected chi connectivity index (χ3v) is 2.53. The fraction of sp³-hybridized carbons (Fsp3) is 0.455. The summed E-state index contributed by atoms with van der Waals surface area (Å²) in [6, 6.07) is 5.75. The summed E-state index contributed by atoms with van der Waals surface area (Å²) in [6.07, 6.45) is 0.753. The van der Waals surface area contributed by atoms with Crippen LogP contribution in [0.15, 0.2) is 18.2 Å². The zero-order chi connectivity index (χ0) is 10.2. The molecule has 0 bridgehead atoms. The van der Waals surface area contributed by atoms with Gasteiger partial charge in [0.2, 0.25) is 0 Å². The zero-order valence-electron chi connectivity index (χ0n) is 8.41. The number of aliphatic hydroxyl groups excluding tert-OH is 1. The quantitative estimate of drug-likeness (QED) is 0.773. The molecule has 1 N–H and O–H groups in total. The standard InChI is InChI=1S/C11H14O3/c1-11(7-12)6-8-3-4-9(13-2)5-10(8)14-11/h3-5,12H,6-7H2,1-2H3. The first-order valence-electron chi connectivity index (χ1n) is 4.64. The van der Waals surface area contributed by atoms with E-state index in [1.807, 2.05) is 25.1 Å². The average Bonchev–Trinajstić information content (AvgIpc) is 2.54. The van der Waals surface area contributed by atoms with E-state index in [1.54, 1.807) is 7.11 Å². The Morgan fingerprint density at radius 1 is 1.57 bits per heavy atom. The number of methoxy groups -OCH3 is 1. The van der Waals surface area contributed by atoms with E-state index in [1.165, 1.54) is 0 Å². The van der Waals surface area contributed by atoms with Gasteiger partial charge in [0.25, 0.3) is 0 Å². The van der Waals surface area contributed by atoms with Gasteiger partial charge in [0.1, 0.15) is 17.1 Å². The molecule has 1 unspecified atom stereocenters. The molecule has 76 valence electrons. The minimum atomic E-state index is -0.464. The normalized spacial score (nSPS) is 24.2. The fourth-order valence-corrected chi connectivity index (χ4v) is 1.70. The second-order valence-electron chi connectivity index (χ2n) is 3.86. The Bertz CT molecular complexity index is 348. The van der Waals surface area contributed by atoms with E-state index in [2.05, 4.69) is 0 Å². The maximum atomic E-state index is 9.17. The third kappa shape index (κ3) is 1.44. The molecule has 0 spiro atoms. The molecule has 1 aromatic rings. The maximum Gasteiger partial charge on any atom is 0.133 e. The van der Waals surface area contributed by atoms with Gasteiger partial charge in [-0.15, -0.1) is 0 Å². The van der Waals surface area contributed by atoms with Gasteiger partial charge in [-0.1, -0.05) is 6.07 Å². The molecule has 1 aromatic carbocycles. The highest BCUT2D eigenvalue weighted by atomic mass is 16.5. The van der Waals surface area contributed by atoms with Crippen LogP contribution in [0.3, 0.4) is 0 Å². The number of aliphatic hydroxyl groups is 1. The lowest BCUT2D eigenvalue weighted by Gasteiger charge is -2.20. The molecule has 0 aromatic heterocycles. The van der Waals surface area contributed by atoms with E-state index >= 15 is 0 Å². The van der Waals surface area contributed by atoms with Crippen molar-refractivity contribution in [2.45, 2.75) is 18.9 Å². The number of hydrogen-bond donors (Lipinski definition) is 1. The summed E-state index contributed by atoms with van der Waals surface area (Å²) >= 11 is 0. The fourth-order valence-electron chi connectivity index (χ4n) is 1.70. The van der Waals surface area contributed by atoms with Crippen molar-refractivity contribution in [1.82, 2.24) is 0 Å². The van der Waals surface area contributed by atoms with Gasteiger partial charge in [-0.3, -0.25) is 0 Å². The molecule has 1 aliphatic rings. The van der Waals surface area contributed by atoms with E-state index in [0.29, 0.717) is 0 Å². The first-order valence-corrected chi connectivity index (χ1v) is 4.64. The summed E-state index contributed by atoms with van der Waals surface area (Å²) in [7, 11) is 1.63. The van der Waals surface area contributed by atoms with Crippen molar-refractivity contribution in [2.75, 3.05) is 13.7 Å². The van der Waals surface area contributed by atoms with Crippen molar-refractivity contribution in [3.05, 3.63) is 23.8 Å². The molecule has 1 aliphatic heterocycles. The van der Waals surface area contributed by atoms with E-state index in [4.69, 9.17) is 14.6 Å². The molecule has 1 heterocycles. The zero-order valence-corrected chi connectivity index (χ0v) is 8.41. The molecule has 3 nitrogen and oxygen atoms in total. The van der Waals surface area contributed by atoms with Crippen LogP contribution >= 0.6 is 0 Å². The van der Waals surface area contributed by atoms with Gasteiger partial charge >= 0.3 is 0 Å². The van der Waals surface area contributed by atoms with Crippen LogP contribution in [-0.2, 0) is 6.42 Å². The molecule has 0 saturated carbocycles. The van der Waals surface area contributed by atoms with Crippen molar-refractivity contribution in [2.24, 2.45) is 0 Å². The van der Waals surface area contributed by atoms with Crippen LogP contribution in [0.5, 0.6) is 11.5 Å². The Balaban J connectivity index is 2.31. The van der Waals surface area contributed by atoms with Crippen LogP contribution in [0.4, 0.5) is 0 Å². The summed E-state index contributed by atoms with van der Waals surface area (Å²) in [5.41, 5.74) is 0.664. The summed E-state index contributed by atoms with van der Waals surface area (Å²) in [5.74, 6) is 1.60. The minimum absolute atomic E-state index is 0.0317. The van der Waals surface area contributed by atoms with Gasteiger partial charge in [0.05, 0.1) is 13.7 Å². The lowest BCUT2D eigenvalue weighted by molar-refractivity contribution is 0.0445. The lowest BCUT2D eigenvalue weighted by atomic mass is 10.0. The predicted molar refractivity (Wildman–Crippen MR) is 52.8 cm³/mol. The highest BCUT2D eigenvalue weighted by Crippen LogP contribution is 2.36. The lowest BCUT2D eigenvalue weighted by Crippen LogP contribution is -2.34. The van der Waals surface area contributed by atoms with Gasteiger partial charge in [-0.05, 0) is 18.6 Å². The van der Waals surface area contributed by atoms with Crippen molar-refractivity contribution in [3.8, 4) is 11.5 Å². The van der Waals surface area contributed by atoms with Crippen molar-refractivity contribution in [3.63, 3.8) is 0 Å². The minimum Gasteiger partial charge on any atom is -0.497 e. The molecule has 0 aliphatic carbocycles. The summed E-state index contributed by atoms with van der Waals surface area (Å²) in [4.78, 5) is 0. The molecule has 14 heavy (non-hydrogen) atoms. The molecular formula is C11H14O3. The molecule has 0 radical (unpaired) electrons. The van der Waals surface area contributed by atoms with Gasteiger partial charge in [-0.2, -0.15) is 0 Å². The Labute approximate surface area is 83.3 Å². The molecule has 0 amide bonds. The monoisotopic (exact) mass is 194 g/mol. The van der Waals surface area contributed by atoms with Gasteiger partial charge < -0.3 is 14.6 Å². The highest BCUT2D eigenvalue weighted by molar-refractivity contribution is 5.44. The van der Waals surface area contributed by atoms with Crippen LogP contribution in [0, 0.1) is 0 Å². The molecule has 2 rings (SSSR count). The number of ether oxygens (including phenoxy) is 2. The van der Waals surface area contributed by atoms with Crippen LogP contribution in [0.2, 0.25) is 0 Å². The van der Waals surface area contributed by atoms with E-state index in [9.17, 15) is 0 Å². The summed E-state index contributed by atoms with van der Waals surface area (Å²) < 4.78 is 10.8. The average molecular weight is 194 g/mol. The van der Waals surface area contributed by atoms with Gasteiger partial charge in [0.15, 0.2) is 0 Å². The molecule has 0 fully saturated rings. The molecule has 1 atom stereocenters. The number of fused-ring (bicyclic) bond motifs is 1. The van der Waals surface area contributed by atoms with Crippen molar-refractivity contribution in [1.29, 1.82) is 0 Å². The summed E-state index contributed by atoms with van der Waals surface area (Å²) in [6.45, 7) is 1.93. The van der Waals surface area contributed by atoms with E-state index < -0.39 is 5.60 Å². The number of rotatable bonds is 2. The smallest absolute Gasteiger partial charge is 0.133 e. The summed E-state index contributed by atoms with van der Waals surface area (Å²) in [5, 5.41) is 9.17. The van der Waals surface area contributed by atoms with Gasteiger partial charge in [0, 0.05) is 12.5 Å². The topological polar surface area (TPSA) is 38.7 Å². The van der Waals surface area contributed by atoms with Gasteiger partial charge in [-0.25, -0.2) is 0 Å².